The minimum absolute atomic E-state index is 0.267. The van der Waals surface area contributed by atoms with E-state index < -0.39 is 0 Å². The molecule has 0 spiro atoms. The molecule has 0 unspecified atom stereocenters. The van der Waals surface area contributed by atoms with Gasteiger partial charge in [-0.15, -0.1) is 0 Å². The number of imide groups is 1. The first-order valence-corrected chi connectivity index (χ1v) is 6.25. The SMILES string of the molecule is O=C1c2cccc(Cl)c2C(=O)N1Cc1ccccc1. The number of nitrogens with zero attached hydrogens (tertiary/aromatic N) is 1. The average molecular weight is 272 g/mol. The van der Waals surface area contributed by atoms with Gasteiger partial charge in [-0.1, -0.05) is 48.0 Å². The normalized spacial score (nSPS) is 13.8. The van der Waals surface area contributed by atoms with E-state index in [2.05, 4.69) is 0 Å². The third-order valence-electron chi connectivity index (χ3n) is 3.13. The predicted molar refractivity (Wildman–Crippen MR) is 72.1 cm³/mol. The van der Waals surface area contributed by atoms with Gasteiger partial charge in [0, 0.05) is 0 Å². The highest BCUT2D eigenvalue weighted by molar-refractivity contribution is 6.37. The Morgan fingerprint density at radius 2 is 1.63 bits per heavy atom. The lowest BCUT2D eigenvalue weighted by molar-refractivity contribution is 0.0642. The molecule has 0 fully saturated rings. The molecule has 1 aliphatic rings. The number of hydrogen-bond acceptors (Lipinski definition) is 2. The first-order valence-electron chi connectivity index (χ1n) is 5.87. The van der Waals surface area contributed by atoms with E-state index in [1.165, 1.54) is 4.90 Å². The Hall–Kier alpha value is -2.13. The Morgan fingerprint density at radius 1 is 0.895 bits per heavy atom. The smallest absolute Gasteiger partial charge is 0.263 e. The minimum Gasteiger partial charge on any atom is -0.270 e. The number of hydrogen-bond donors (Lipinski definition) is 0. The van der Waals surface area contributed by atoms with E-state index in [1.54, 1.807) is 18.2 Å². The van der Waals surface area contributed by atoms with Crippen molar-refractivity contribution in [1.82, 2.24) is 4.90 Å². The first kappa shape index (κ1) is 11.9. The molecule has 2 amide bonds. The second-order valence-electron chi connectivity index (χ2n) is 4.34. The molecule has 0 radical (unpaired) electrons. The summed E-state index contributed by atoms with van der Waals surface area (Å²) in [5, 5.41) is 0.325. The zero-order valence-corrected chi connectivity index (χ0v) is 10.7. The van der Waals surface area contributed by atoms with Gasteiger partial charge in [0.15, 0.2) is 0 Å². The minimum atomic E-state index is -0.325. The van der Waals surface area contributed by atoms with Crippen molar-refractivity contribution in [1.29, 1.82) is 0 Å². The van der Waals surface area contributed by atoms with Gasteiger partial charge in [0.05, 0.1) is 22.7 Å². The van der Waals surface area contributed by atoms with Crippen molar-refractivity contribution in [2.75, 3.05) is 0 Å². The van der Waals surface area contributed by atoms with Gasteiger partial charge in [-0.25, -0.2) is 0 Å². The van der Waals surface area contributed by atoms with Crippen LogP contribution in [-0.4, -0.2) is 16.7 Å². The maximum atomic E-state index is 12.3. The summed E-state index contributed by atoms with van der Waals surface area (Å²) in [6, 6.07) is 14.3. The number of carbonyl (C=O) groups is 2. The maximum absolute atomic E-state index is 12.3. The van der Waals surface area contributed by atoms with E-state index >= 15 is 0 Å². The predicted octanol–water partition coefficient (Wildman–Crippen LogP) is 3.14. The molecule has 2 aromatic carbocycles. The van der Waals surface area contributed by atoms with Crippen LogP contribution in [0, 0.1) is 0 Å². The monoisotopic (exact) mass is 271 g/mol. The summed E-state index contributed by atoms with van der Waals surface area (Å²) < 4.78 is 0. The van der Waals surface area contributed by atoms with Gasteiger partial charge in [-0.2, -0.15) is 0 Å². The molecule has 0 saturated carbocycles. The van der Waals surface area contributed by atoms with Crippen LogP contribution in [0.5, 0.6) is 0 Å². The van der Waals surface area contributed by atoms with E-state index in [9.17, 15) is 9.59 Å². The Labute approximate surface area is 115 Å². The third kappa shape index (κ3) is 1.92. The molecule has 2 aromatic rings. The van der Waals surface area contributed by atoms with Gasteiger partial charge in [0.25, 0.3) is 11.8 Å². The van der Waals surface area contributed by atoms with Crippen LogP contribution in [-0.2, 0) is 6.54 Å². The van der Waals surface area contributed by atoms with Gasteiger partial charge >= 0.3 is 0 Å². The molecular weight excluding hydrogens is 262 g/mol. The zero-order valence-electron chi connectivity index (χ0n) is 9.97. The van der Waals surface area contributed by atoms with E-state index in [1.807, 2.05) is 30.3 Å². The molecular formula is C15H10ClNO2. The molecule has 1 aliphatic heterocycles. The van der Waals surface area contributed by atoms with Gasteiger partial charge in [0.1, 0.15) is 0 Å². The molecule has 0 saturated heterocycles. The average Bonchev–Trinajstić information content (AvgIpc) is 2.66. The van der Waals surface area contributed by atoms with Crippen LogP contribution in [0.1, 0.15) is 26.3 Å². The lowest BCUT2D eigenvalue weighted by Crippen LogP contribution is -2.29. The number of carbonyl (C=O) groups excluding carboxylic acids is 2. The Balaban J connectivity index is 1.97. The van der Waals surface area contributed by atoms with Crippen LogP contribution in [0.4, 0.5) is 0 Å². The fraction of sp³-hybridized carbons (Fsp3) is 0.0667. The largest absolute Gasteiger partial charge is 0.270 e. The molecule has 1 heterocycles. The van der Waals surface area contributed by atoms with E-state index in [0.29, 0.717) is 16.1 Å². The number of halogens is 1. The number of rotatable bonds is 2. The summed E-state index contributed by atoms with van der Waals surface area (Å²) in [7, 11) is 0. The van der Waals surface area contributed by atoms with E-state index in [0.717, 1.165) is 5.56 Å². The molecule has 3 nitrogen and oxygen atoms in total. The van der Waals surface area contributed by atoms with E-state index in [4.69, 9.17) is 11.6 Å². The van der Waals surface area contributed by atoms with Crippen LogP contribution < -0.4 is 0 Å². The molecule has 94 valence electrons. The summed E-state index contributed by atoms with van der Waals surface area (Å²) in [5.74, 6) is -0.610. The molecule has 19 heavy (non-hydrogen) atoms. The van der Waals surface area contributed by atoms with Crippen LogP contribution >= 0.6 is 11.6 Å². The van der Waals surface area contributed by atoms with Gasteiger partial charge in [-0.05, 0) is 17.7 Å². The number of benzene rings is 2. The van der Waals surface area contributed by atoms with Crippen molar-refractivity contribution in [3.05, 3.63) is 70.2 Å². The zero-order chi connectivity index (χ0) is 13.4. The van der Waals surface area contributed by atoms with Crippen molar-refractivity contribution < 1.29 is 9.59 Å². The standard InChI is InChI=1S/C15H10ClNO2/c16-12-8-4-7-11-13(12)15(19)17(14(11)18)9-10-5-2-1-3-6-10/h1-8H,9H2. The fourth-order valence-electron chi connectivity index (χ4n) is 2.20. The Bertz CT molecular complexity index is 667. The van der Waals surface area contributed by atoms with Crippen molar-refractivity contribution >= 4 is 23.4 Å². The fourth-order valence-corrected chi connectivity index (χ4v) is 2.46. The highest BCUT2D eigenvalue weighted by atomic mass is 35.5. The molecule has 0 bridgehead atoms. The topological polar surface area (TPSA) is 37.4 Å². The second-order valence-corrected chi connectivity index (χ2v) is 4.75. The van der Waals surface area contributed by atoms with Crippen LogP contribution in [0.15, 0.2) is 48.5 Å². The highest BCUT2D eigenvalue weighted by Gasteiger charge is 2.36. The molecule has 0 atom stereocenters. The second kappa shape index (κ2) is 4.52. The number of fused-ring (bicyclic) bond motifs is 1. The summed E-state index contributed by atoms with van der Waals surface area (Å²) in [5.41, 5.74) is 1.60. The van der Waals surface area contributed by atoms with Gasteiger partial charge in [-0.3, -0.25) is 14.5 Å². The summed E-state index contributed by atoms with van der Waals surface area (Å²) >= 11 is 6.00. The first-order chi connectivity index (χ1) is 9.18. The van der Waals surface area contributed by atoms with Crippen LogP contribution in [0.25, 0.3) is 0 Å². The van der Waals surface area contributed by atoms with E-state index in [-0.39, 0.29) is 18.4 Å². The summed E-state index contributed by atoms with van der Waals surface area (Å²) in [6.45, 7) is 0.267. The molecule has 0 N–H and O–H groups in total. The van der Waals surface area contributed by atoms with Crippen molar-refractivity contribution in [3.8, 4) is 0 Å². The molecule has 0 aromatic heterocycles. The van der Waals surface area contributed by atoms with Crippen LogP contribution in [0.3, 0.4) is 0 Å². The Kier molecular flexibility index (Phi) is 2.84. The maximum Gasteiger partial charge on any atom is 0.263 e. The van der Waals surface area contributed by atoms with Gasteiger partial charge < -0.3 is 0 Å². The van der Waals surface area contributed by atoms with Crippen molar-refractivity contribution in [2.45, 2.75) is 6.54 Å². The number of amides is 2. The summed E-state index contributed by atoms with van der Waals surface area (Å²) in [6.07, 6.45) is 0. The molecule has 3 rings (SSSR count). The van der Waals surface area contributed by atoms with Crippen molar-refractivity contribution in [3.63, 3.8) is 0 Å². The van der Waals surface area contributed by atoms with Crippen LogP contribution in [0.2, 0.25) is 5.02 Å². The lowest BCUT2D eigenvalue weighted by Gasteiger charge is -2.13. The third-order valence-corrected chi connectivity index (χ3v) is 3.45. The highest BCUT2D eigenvalue weighted by Crippen LogP contribution is 2.29. The summed E-state index contributed by atoms with van der Waals surface area (Å²) in [4.78, 5) is 25.7. The Morgan fingerprint density at radius 3 is 2.32 bits per heavy atom. The van der Waals surface area contributed by atoms with Gasteiger partial charge in [0.2, 0.25) is 0 Å². The molecule has 4 heteroatoms. The quantitative estimate of drug-likeness (QED) is 0.787. The lowest BCUT2D eigenvalue weighted by atomic mass is 10.1. The molecule has 0 aliphatic carbocycles. The van der Waals surface area contributed by atoms with Crippen molar-refractivity contribution in [2.24, 2.45) is 0 Å².